The fourth-order valence-corrected chi connectivity index (χ4v) is 2.48. The lowest BCUT2D eigenvalue weighted by atomic mass is 10.2. The molecule has 1 amide bonds. The van der Waals surface area contributed by atoms with E-state index in [4.69, 9.17) is 4.74 Å². The number of hydrogen-bond acceptors (Lipinski definition) is 3. The Morgan fingerprint density at radius 1 is 1.43 bits per heavy atom. The van der Waals surface area contributed by atoms with Gasteiger partial charge in [-0.05, 0) is 25.0 Å². The van der Waals surface area contributed by atoms with Gasteiger partial charge in [-0.25, -0.2) is 4.39 Å². The SMILES string of the molecule is CN(CCOc1cccc(F)c1)C(=O)CNC1CCCC1. The zero-order valence-electron chi connectivity index (χ0n) is 12.5. The van der Waals surface area contributed by atoms with Crippen LogP contribution in [0.15, 0.2) is 24.3 Å². The van der Waals surface area contributed by atoms with Crippen LogP contribution in [0.3, 0.4) is 0 Å². The van der Waals surface area contributed by atoms with Gasteiger partial charge in [-0.3, -0.25) is 4.79 Å². The van der Waals surface area contributed by atoms with E-state index < -0.39 is 0 Å². The number of nitrogens with zero attached hydrogens (tertiary/aromatic N) is 1. The first-order chi connectivity index (χ1) is 10.1. The first-order valence-corrected chi connectivity index (χ1v) is 7.51. The number of benzene rings is 1. The Morgan fingerprint density at radius 3 is 2.90 bits per heavy atom. The Hall–Kier alpha value is -1.62. The standard InChI is InChI=1S/C16H23FN2O2/c1-19(16(20)12-18-14-6-2-3-7-14)9-10-21-15-8-4-5-13(17)11-15/h4-5,8,11,14,18H,2-3,6-7,9-10,12H2,1H3. The second-order valence-corrected chi connectivity index (χ2v) is 5.48. The van der Waals surface area contributed by atoms with Crippen LogP contribution in [0.1, 0.15) is 25.7 Å². The van der Waals surface area contributed by atoms with Gasteiger partial charge in [0.05, 0.1) is 13.1 Å². The van der Waals surface area contributed by atoms with E-state index >= 15 is 0 Å². The maximum Gasteiger partial charge on any atom is 0.236 e. The summed E-state index contributed by atoms with van der Waals surface area (Å²) in [5.41, 5.74) is 0. The highest BCUT2D eigenvalue weighted by Crippen LogP contribution is 2.17. The lowest BCUT2D eigenvalue weighted by Gasteiger charge is -2.19. The first-order valence-electron chi connectivity index (χ1n) is 7.51. The number of carbonyl (C=O) groups is 1. The molecular weight excluding hydrogens is 271 g/mol. The molecule has 0 aromatic heterocycles. The molecule has 1 aliphatic carbocycles. The molecule has 5 heteroatoms. The average molecular weight is 294 g/mol. The summed E-state index contributed by atoms with van der Waals surface area (Å²) in [5.74, 6) is 0.224. The number of amides is 1. The highest BCUT2D eigenvalue weighted by atomic mass is 19.1. The molecular formula is C16H23FN2O2. The van der Waals surface area contributed by atoms with Crippen LogP contribution >= 0.6 is 0 Å². The Morgan fingerprint density at radius 2 is 2.19 bits per heavy atom. The average Bonchev–Trinajstić information content (AvgIpc) is 2.98. The van der Waals surface area contributed by atoms with Crippen LogP contribution in [-0.4, -0.2) is 43.6 Å². The monoisotopic (exact) mass is 294 g/mol. The normalized spacial score (nSPS) is 15.1. The van der Waals surface area contributed by atoms with Gasteiger partial charge in [0.25, 0.3) is 0 Å². The summed E-state index contributed by atoms with van der Waals surface area (Å²) in [6.45, 7) is 1.22. The minimum atomic E-state index is -0.322. The molecule has 1 fully saturated rings. The molecule has 2 rings (SSSR count). The lowest BCUT2D eigenvalue weighted by molar-refractivity contribution is -0.129. The topological polar surface area (TPSA) is 41.6 Å². The Bertz CT molecular complexity index is 461. The van der Waals surface area contributed by atoms with Gasteiger partial charge < -0.3 is 15.0 Å². The Balaban J connectivity index is 1.63. The molecule has 0 aliphatic heterocycles. The number of nitrogens with one attached hydrogen (secondary N) is 1. The molecule has 116 valence electrons. The summed E-state index contributed by atoms with van der Waals surface area (Å²) in [7, 11) is 1.76. The van der Waals surface area contributed by atoms with Gasteiger partial charge >= 0.3 is 0 Å². The van der Waals surface area contributed by atoms with Crippen molar-refractivity contribution in [1.29, 1.82) is 0 Å². The van der Waals surface area contributed by atoms with Crippen LogP contribution < -0.4 is 10.1 Å². The predicted octanol–water partition coefficient (Wildman–Crippen LogP) is 2.20. The molecule has 21 heavy (non-hydrogen) atoms. The fraction of sp³-hybridized carbons (Fsp3) is 0.562. The minimum Gasteiger partial charge on any atom is -0.492 e. The van der Waals surface area contributed by atoms with Crippen LogP contribution in [0, 0.1) is 5.82 Å². The van der Waals surface area contributed by atoms with Gasteiger partial charge in [-0.1, -0.05) is 18.9 Å². The van der Waals surface area contributed by atoms with E-state index in [0.717, 1.165) is 0 Å². The molecule has 1 aromatic carbocycles. The van der Waals surface area contributed by atoms with Crippen molar-refractivity contribution in [1.82, 2.24) is 10.2 Å². The van der Waals surface area contributed by atoms with E-state index in [2.05, 4.69) is 5.32 Å². The van der Waals surface area contributed by atoms with Gasteiger partial charge in [0, 0.05) is 19.2 Å². The van der Waals surface area contributed by atoms with Crippen molar-refractivity contribution in [2.45, 2.75) is 31.7 Å². The summed E-state index contributed by atoms with van der Waals surface area (Å²) in [4.78, 5) is 13.6. The molecule has 1 aromatic rings. The van der Waals surface area contributed by atoms with Gasteiger partial charge in [0.1, 0.15) is 18.2 Å². The van der Waals surface area contributed by atoms with E-state index in [1.165, 1.54) is 37.8 Å². The smallest absolute Gasteiger partial charge is 0.236 e. The van der Waals surface area contributed by atoms with Crippen molar-refractivity contribution in [3.05, 3.63) is 30.1 Å². The largest absolute Gasteiger partial charge is 0.492 e. The maximum absolute atomic E-state index is 13.0. The molecule has 1 N–H and O–H groups in total. The molecule has 0 atom stereocenters. The summed E-state index contributed by atoms with van der Waals surface area (Å²) in [6, 6.07) is 6.50. The molecule has 0 saturated heterocycles. The van der Waals surface area contributed by atoms with Crippen LogP contribution in [-0.2, 0) is 4.79 Å². The molecule has 1 aliphatic rings. The van der Waals surface area contributed by atoms with Gasteiger partial charge in [0.2, 0.25) is 5.91 Å². The quantitative estimate of drug-likeness (QED) is 0.838. The van der Waals surface area contributed by atoms with Crippen molar-refractivity contribution in [3.8, 4) is 5.75 Å². The second-order valence-electron chi connectivity index (χ2n) is 5.48. The van der Waals surface area contributed by atoms with Crippen LogP contribution in [0.2, 0.25) is 0 Å². The number of carbonyl (C=O) groups excluding carboxylic acids is 1. The van der Waals surface area contributed by atoms with Gasteiger partial charge in [0.15, 0.2) is 0 Å². The number of rotatable bonds is 7. The highest BCUT2D eigenvalue weighted by Gasteiger charge is 2.16. The zero-order chi connectivity index (χ0) is 15.1. The lowest BCUT2D eigenvalue weighted by Crippen LogP contribution is -2.40. The molecule has 0 heterocycles. The second kappa shape index (κ2) is 7.98. The molecule has 4 nitrogen and oxygen atoms in total. The Kier molecular flexibility index (Phi) is 5.99. The summed E-state index contributed by atoms with van der Waals surface area (Å²) in [6.07, 6.45) is 4.84. The fourth-order valence-electron chi connectivity index (χ4n) is 2.48. The third-order valence-electron chi connectivity index (χ3n) is 3.81. The first kappa shape index (κ1) is 15.8. The summed E-state index contributed by atoms with van der Waals surface area (Å²) < 4.78 is 18.4. The number of halogens is 1. The van der Waals surface area contributed by atoms with E-state index in [1.807, 2.05) is 0 Å². The van der Waals surface area contributed by atoms with E-state index in [1.54, 1.807) is 24.1 Å². The number of hydrogen-bond donors (Lipinski definition) is 1. The van der Waals surface area contributed by atoms with Crippen molar-refractivity contribution in [3.63, 3.8) is 0 Å². The van der Waals surface area contributed by atoms with E-state index in [-0.39, 0.29) is 11.7 Å². The summed E-state index contributed by atoms with van der Waals surface area (Å²) in [5, 5.41) is 3.30. The van der Waals surface area contributed by atoms with Crippen molar-refractivity contribution in [2.24, 2.45) is 0 Å². The van der Waals surface area contributed by atoms with Gasteiger partial charge in [-0.15, -0.1) is 0 Å². The van der Waals surface area contributed by atoms with Gasteiger partial charge in [-0.2, -0.15) is 0 Å². The van der Waals surface area contributed by atoms with Crippen molar-refractivity contribution >= 4 is 5.91 Å². The van der Waals surface area contributed by atoms with Crippen LogP contribution in [0.4, 0.5) is 4.39 Å². The highest BCUT2D eigenvalue weighted by molar-refractivity contribution is 5.77. The van der Waals surface area contributed by atoms with Crippen LogP contribution in [0.5, 0.6) is 5.75 Å². The van der Waals surface area contributed by atoms with Crippen molar-refractivity contribution < 1.29 is 13.9 Å². The molecule has 0 unspecified atom stereocenters. The molecule has 1 saturated carbocycles. The zero-order valence-corrected chi connectivity index (χ0v) is 12.5. The maximum atomic E-state index is 13.0. The van der Waals surface area contributed by atoms with E-state index in [9.17, 15) is 9.18 Å². The molecule has 0 bridgehead atoms. The predicted molar refractivity (Wildman–Crippen MR) is 79.8 cm³/mol. The van der Waals surface area contributed by atoms with Crippen LogP contribution in [0.25, 0.3) is 0 Å². The number of likely N-dealkylation sites (N-methyl/N-ethyl adjacent to an activating group) is 1. The number of ether oxygens (including phenoxy) is 1. The molecule has 0 radical (unpaired) electrons. The summed E-state index contributed by atoms with van der Waals surface area (Å²) >= 11 is 0. The Labute approximate surface area is 125 Å². The molecule has 0 spiro atoms. The van der Waals surface area contributed by atoms with Crippen molar-refractivity contribution in [2.75, 3.05) is 26.7 Å². The third kappa shape index (κ3) is 5.34. The third-order valence-corrected chi connectivity index (χ3v) is 3.81. The minimum absolute atomic E-state index is 0.0599. The van der Waals surface area contributed by atoms with E-state index in [0.29, 0.717) is 31.5 Å².